The number of aliphatic hydroxyl groups excluding tert-OH is 1. The molecule has 1 aromatic carbocycles. The number of aliphatic hydroxyl groups is 1. The van der Waals surface area contributed by atoms with Crippen LogP contribution in [0.3, 0.4) is 0 Å². The lowest BCUT2D eigenvalue weighted by Gasteiger charge is -2.25. The van der Waals surface area contributed by atoms with Gasteiger partial charge in [0.05, 0.1) is 12.0 Å². The van der Waals surface area contributed by atoms with E-state index in [1.807, 2.05) is 30.3 Å². The summed E-state index contributed by atoms with van der Waals surface area (Å²) in [7, 11) is 0. The minimum Gasteiger partial charge on any atom is -0.447 e. The van der Waals surface area contributed by atoms with E-state index in [2.05, 4.69) is 0 Å². The van der Waals surface area contributed by atoms with Gasteiger partial charge in [0.15, 0.2) is 0 Å². The number of rotatable bonds is 5. The van der Waals surface area contributed by atoms with Crippen molar-refractivity contribution in [2.45, 2.75) is 32.4 Å². The summed E-state index contributed by atoms with van der Waals surface area (Å²) in [5, 5.41) is 9.84. The molecule has 6 heteroatoms. The van der Waals surface area contributed by atoms with Crippen molar-refractivity contribution in [3.8, 4) is 0 Å². The summed E-state index contributed by atoms with van der Waals surface area (Å²) in [4.78, 5) is 25.4. The molecular weight excluding hydrogens is 301 g/mol. The van der Waals surface area contributed by atoms with Crippen LogP contribution in [0.5, 0.6) is 0 Å². The van der Waals surface area contributed by atoms with Crippen molar-refractivity contribution in [1.82, 2.24) is 4.90 Å². The number of carbonyl (C=O) groups is 2. The zero-order chi connectivity index (χ0) is 17.0. The molecule has 124 valence electrons. The van der Waals surface area contributed by atoms with Crippen molar-refractivity contribution in [1.29, 1.82) is 0 Å². The lowest BCUT2D eigenvalue weighted by Crippen LogP contribution is -2.45. The van der Waals surface area contributed by atoms with E-state index in [9.17, 15) is 19.1 Å². The summed E-state index contributed by atoms with van der Waals surface area (Å²) in [6.45, 7) is 2.91. The molecule has 5 nitrogen and oxygen atoms in total. The third-order valence-electron chi connectivity index (χ3n) is 3.93. The number of ether oxygens (including phenoxy) is 1. The number of amides is 2. The van der Waals surface area contributed by atoms with Crippen LogP contribution in [0.25, 0.3) is 0 Å². The van der Waals surface area contributed by atoms with Gasteiger partial charge in [-0.2, -0.15) is 0 Å². The molecule has 1 N–H and O–H groups in total. The molecule has 2 rings (SSSR count). The van der Waals surface area contributed by atoms with Gasteiger partial charge in [0.25, 0.3) is 0 Å². The van der Waals surface area contributed by atoms with E-state index in [4.69, 9.17) is 4.74 Å². The maximum atomic E-state index is 13.5. The molecule has 23 heavy (non-hydrogen) atoms. The van der Waals surface area contributed by atoms with E-state index in [0.29, 0.717) is 6.42 Å². The number of halogens is 1. The van der Waals surface area contributed by atoms with Gasteiger partial charge in [-0.05, 0) is 18.9 Å². The molecule has 0 bridgehead atoms. The highest BCUT2D eigenvalue weighted by atomic mass is 19.1. The van der Waals surface area contributed by atoms with E-state index >= 15 is 0 Å². The number of carbonyl (C=O) groups excluding carboxylic acids is 2. The second kappa shape index (κ2) is 7.37. The van der Waals surface area contributed by atoms with Gasteiger partial charge < -0.3 is 9.84 Å². The molecule has 1 fully saturated rings. The van der Waals surface area contributed by atoms with E-state index < -0.39 is 35.9 Å². The Morgan fingerprint density at radius 2 is 2.13 bits per heavy atom. The van der Waals surface area contributed by atoms with E-state index in [-0.39, 0.29) is 6.61 Å². The van der Waals surface area contributed by atoms with Crippen LogP contribution in [-0.2, 0) is 16.0 Å². The summed E-state index contributed by atoms with van der Waals surface area (Å²) in [6, 6.07) is 8.94. The van der Waals surface area contributed by atoms with Gasteiger partial charge >= 0.3 is 6.09 Å². The Morgan fingerprint density at radius 1 is 1.48 bits per heavy atom. The number of imide groups is 1. The quantitative estimate of drug-likeness (QED) is 0.904. The van der Waals surface area contributed by atoms with Crippen molar-refractivity contribution in [3.05, 3.63) is 47.8 Å². The van der Waals surface area contributed by atoms with Gasteiger partial charge in [-0.1, -0.05) is 43.3 Å². The topological polar surface area (TPSA) is 66.8 Å². The van der Waals surface area contributed by atoms with Gasteiger partial charge in [-0.25, -0.2) is 14.1 Å². The standard InChI is InChI=1S/C17H20FNO4/c1-3-14(18)15(20)11(2)16(21)19-13(10-23-17(19)22)9-12-7-5-4-6-8-12/h3-8,11,13,15,20H,9-10H2,1-2H3/b14-3-/t11-,13+,15-/m0/s1. The van der Waals surface area contributed by atoms with Crippen molar-refractivity contribution in [2.24, 2.45) is 5.92 Å². The first-order valence-corrected chi connectivity index (χ1v) is 7.49. The molecule has 0 spiro atoms. The first-order valence-electron chi connectivity index (χ1n) is 7.49. The molecule has 0 aliphatic carbocycles. The summed E-state index contributed by atoms with van der Waals surface area (Å²) in [5.74, 6) is -2.51. The van der Waals surface area contributed by atoms with Gasteiger partial charge in [-0.3, -0.25) is 4.79 Å². The van der Waals surface area contributed by atoms with Crippen LogP contribution in [0.1, 0.15) is 19.4 Å². The van der Waals surface area contributed by atoms with Crippen LogP contribution in [0.4, 0.5) is 9.18 Å². The normalized spacial score (nSPS) is 21.0. The molecule has 1 saturated heterocycles. The van der Waals surface area contributed by atoms with Gasteiger partial charge in [0.1, 0.15) is 18.5 Å². The average Bonchev–Trinajstić information content (AvgIpc) is 2.93. The molecule has 0 aromatic heterocycles. The molecule has 0 radical (unpaired) electrons. The van der Waals surface area contributed by atoms with Crippen LogP contribution >= 0.6 is 0 Å². The highest BCUT2D eigenvalue weighted by Crippen LogP contribution is 2.23. The Balaban J connectivity index is 2.14. The van der Waals surface area contributed by atoms with E-state index in [0.717, 1.165) is 16.5 Å². The lowest BCUT2D eigenvalue weighted by molar-refractivity contribution is -0.135. The predicted molar refractivity (Wildman–Crippen MR) is 82.2 cm³/mol. The number of cyclic esters (lactones) is 1. The van der Waals surface area contributed by atoms with Crippen molar-refractivity contribution in [3.63, 3.8) is 0 Å². The largest absolute Gasteiger partial charge is 0.447 e. The highest BCUT2D eigenvalue weighted by molar-refractivity contribution is 5.95. The number of hydrogen-bond donors (Lipinski definition) is 1. The number of benzene rings is 1. The van der Waals surface area contributed by atoms with Crippen LogP contribution in [0.2, 0.25) is 0 Å². The number of allylic oxidation sites excluding steroid dienone is 1. The smallest absolute Gasteiger partial charge is 0.416 e. The number of nitrogens with zero attached hydrogens (tertiary/aromatic N) is 1. The first kappa shape index (κ1) is 17.1. The minimum absolute atomic E-state index is 0.0916. The fourth-order valence-corrected chi connectivity index (χ4v) is 2.53. The van der Waals surface area contributed by atoms with Crippen LogP contribution in [0, 0.1) is 5.92 Å². The summed E-state index contributed by atoms with van der Waals surface area (Å²) in [6.07, 6.45) is -0.778. The number of hydrogen-bond acceptors (Lipinski definition) is 4. The molecular formula is C17H20FNO4. The molecule has 0 saturated carbocycles. The van der Waals surface area contributed by atoms with E-state index in [1.54, 1.807) is 0 Å². The monoisotopic (exact) mass is 321 g/mol. The van der Waals surface area contributed by atoms with Crippen molar-refractivity contribution >= 4 is 12.0 Å². The van der Waals surface area contributed by atoms with Crippen LogP contribution < -0.4 is 0 Å². The van der Waals surface area contributed by atoms with Gasteiger partial charge in [0.2, 0.25) is 5.91 Å². The lowest BCUT2D eigenvalue weighted by atomic mass is 9.99. The van der Waals surface area contributed by atoms with Gasteiger partial charge in [0, 0.05) is 0 Å². The van der Waals surface area contributed by atoms with E-state index in [1.165, 1.54) is 13.8 Å². The minimum atomic E-state index is -1.57. The van der Waals surface area contributed by atoms with Crippen LogP contribution in [-0.4, -0.2) is 40.8 Å². The first-order chi connectivity index (χ1) is 11.0. The Hall–Kier alpha value is -2.21. The Morgan fingerprint density at radius 3 is 2.74 bits per heavy atom. The summed E-state index contributed by atoms with van der Waals surface area (Å²) < 4.78 is 18.5. The Bertz CT molecular complexity index is 602. The highest BCUT2D eigenvalue weighted by Gasteiger charge is 2.41. The second-order valence-corrected chi connectivity index (χ2v) is 5.54. The fourth-order valence-electron chi connectivity index (χ4n) is 2.53. The Labute approximate surface area is 134 Å². The summed E-state index contributed by atoms with van der Waals surface area (Å²) in [5.41, 5.74) is 0.960. The third kappa shape index (κ3) is 3.76. The average molecular weight is 321 g/mol. The molecule has 0 unspecified atom stereocenters. The third-order valence-corrected chi connectivity index (χ3v) is 3.93. The molecule has 1 aromatic rings. The molecule has 1 aliphatic heterocycles. The maximum absolute atomic E-state index is 13.5. The maximum Gasteiger partial charge on any atom is 0.416 e. The zero-order valence-electron chi connectivity index (χ0n) is 13.1. The molecule has 2 amide bonds. The molecule has 1 aliphatic rings. The predicted octanol–water partition coefficient (Wildman–Crippen LogP) is 2.45. The zero-order valence-corrected chi connectivity index (χ0v) is 13.1. The second-order valence-electron chi connectivity index (χ2n) is 5.54. The Kier molecular flexibility index (Phi) is 5.50. The van der Waals surface area contributed by atoms with Crippen molar-refractivity contribution < 1.29 is 23.8 Å². The van der Waals surface area contributed by atoms with Crippen molar-refractivity contribution in [2.75, 3.05) is 6.61 Å². The molecule has 3 atom stereocenters. The SMILES string of the molecule is C/C=C(\F)[C@@H](O)[C@H](C)C(=O)N1C(=O)OC[C@H]1Cc1ccccc1. The van der Waals surface area contributed by atoms with Gasteiger partial charge in [-0.15, -0.1) is 0 Å². The fraction of sp³-hybridized carbons (Fsp3) is 0.412. The summed E-state index contributed by atoms with van der Waals surface area (Å²) >= 11 is 0. The molecule has 1 heterocycles. The van der Waals surface area contributed by atoms with Crippen LogP contribution in [0.15, 0.2) is 42.2 Å².